The Kier molecular flexibility index (Phi) is 5.58. The number of rotatable bonds is 4. The van der Waals surface area contributed by atoms with E-state index in [2.05, 4.69) is 39.2 Å². The number of hydrazine groups is 1. The maximum atomic E-state index is 12.2. The zero-order valence-electron chi connectivity index (χ0n) is 16.3. The van der Waals surface area contributed by atoms with Crippen LogP contribution in [0, 0.1) is 5.92 Å². The van der Waals surface area contributed by atoms with E-state index in [0.29, 0.717) is 5.92 Å². The van der Waals surface area contributed by atoms with E-state index in [-0.39, 0.29) is 5.91 Å². The molecule has 2 fully saturated rings. The standard InChI is InChI=1S/C22H30N4O/c1-18(27)26(25-13-5-2-6-14-25)17-19-10-15-24(16-11-19)22-9-12-23-21-8-4-3-7-20(21)22/h3-4,7-9,12,19H,2,5-6,10-11,13-17H2,1H3. The zero-order valence-corrected chi connectivity index (χ0v) is 16.3. The number of piperidine rings is 2. The second-order valence-electron chi connectivity index (χ2n) is 7.89. The molecule has 4 rings (SSSR count). The molecule has 2 aliphatic heterocycles. The minimum Gasteiger partial charge on any atom is -0.371 e. The minimum absolute atomic E-state index is 0.194. The molecule has 27 heavy (non-hydrogen) atoms. The van der Waals surface area contributed by atoms with Crippen molar-refractivity contribution >= 4 is 22.5 Å². The van der Waals surface area contributed by atoms with Crippen molar-refractivity contribution in [2.24, 2.45) is 5.92 Å². The van der Waals surface area contributed by atoms with Crippen LogP contribution >= 0.6 is 0 Å². The van der Waals surface area contributed by atoms with Crippen molar-refractivity contribution in [3.63, 3.8) is 0 Å². The largest absolute Gasteiger partial charge is 0.371 e. The van der Waals surface area contributed by atoms with Gasteiger partial charge in [-0.3, -0.25) is 14.8 Å². The van der Waals surface area contributed by atoms with Crippen molar-refractivity contribution in [3.8, 4) is 0 Å². The minimum atomic E-state index is 0.194. The lowest BCUT2D eigenvalue weighted by Gasteiger charge is -2.41. The number of para-hydroxylation sites is 1. The van der Waals surface area contributed by atoms with Crippen molar-refractivity contribution in [2.75, 3.05) is 37.6 Å². The summed E-state index contributed by atoms with van der Waals surface area (Å²) in [5, 5.41) is 5.55. The third kappa shape index (κ3) is 4.08. The van der Waals surface area contributed by atoms with Gasteiger partial charge in [0.1, 0.15) is 0 Å². The molecule has 0 N–H and O–H groups in total. The smallest absolute Gasteiger partial charge is 0.233 e. The predicted octanol–water partition coefficient (Wildman–Crippen LogP) is 3.70. The quantitative estimate of drug-likeness (QED) is 0.827. The molecule has 1 amide bonds. The first-order valence-corrected chi connectivity index (χ1v) is 10.3. The number of pyridine rings is 1. The first kappa shape index (κ1) is 18.2. The number of fused-ring (bicyclic) bond motifs is 1. The highest BCUT2D eigenvalue weighted by Gasteiger charge is 2.27. The second-order valence-corrected chi connectivity index (χ2v) is 7.89. The Labute approximate surface area is 161 Å². The van der Waals surface area contributed by atoms with Crippen LogP contribution in [0.3, 0.4) is 0 Å². The van der Waals surface area contributed by atoms with Gasteiger partial charge in [0, 0.05) is 56.9 Å². The maximum absolute atomic E-state index is 12.2. The van der Waals surface area contributed by atoms with Gasteiger partial charge in [-0.25, -0.2) is 5.01 Å². The molecule has 0 aliphatic carbocycles. The summed E-state index contributed by atoms with van der Waals surface area (Å²) in [4.78, 5) is 19.2. The molecule has 0 atom stereocenters. The average Bonchev–Trinajstić information content (AvgIpc) is 2.72. The van der Waals surface area contributed by atoms with Gasteiger partial charge < -0.3 is 4.90 Å². The number of carbonyl (C=O) groups excluding carboxylic acids is 1. The van der Waals surface area contributed by atoms with Gasteiger partial charge in [0.15, 0.2) is 0 Å². The van der Waals surface area contributed by atoms with Crippen LogP contribution < -0.4 is 4.90 Å². The molecule has 5 nitrogen and oxygen atoms in total. The van der Waals surface area contributed by atoms with E-state index in [4.69, 9.17) is 0 Å². The van der Waals surface area contributed by atoms with Crippen molar-refractivity contribution in [2.45, 2.75) is 39.0 Å². The molecule has 0 radical (unpaired) electrons. The van der Waals surface area contributed by atoms with Crippen LogP contribution in [0.2, 0.25) is 0 Å². The third-order valence-corrected chi connectivity index (χ3v) is 6.05. The van der Waals surface area contributed by atoms with E-state index in [9.17, 15) is 4.79 Å². The normalized spacial score (nSPS) is 19.4. The molecule has 5 heteroatoms. The Morgan fingerprint density at radius 2 is 1.81 bits per heavy atom. The lowest BCUT2D eigenvalue weighted by molar-refractivity contribution is -0.150. The SMILES string of the molecule is CC(=O)N(CC1CCN(c2ccnc3ccccc23)CC1)N1CCCCC1. The van der Waals surface area contributed by atoms with Crippen LogP contribution in [0.5, 0.6) is 0 Å². The third-order valence-electron chi connectivity index (χ3n) is 6.05. The average molecular weight is 367 g/mol. The van der Waals surface area contributed by atoms with Crippen molar-refractivity contribution in [3.05, 3.63) is 36.5 Å². The molecule has 0 saturated carbocycles. The molecular weight excluding hydrogens is 336 g/mol. The molecule has 3 heterocycles. The van der Waals surface area contributed by atoms with Crippen LogP contribution in [0.25, 0.3) is 10.9 Å². The van der Waals surface area contributed by atoms with E-state index >= 15 is 0 Å². The van der Waals surface area contributed by atoms with Gasteiger partial charge in [-0.15, -0.1) is 0 Å². The molecule has 2 aromatic rings. The number of carbonyl (C=O) groups is 1. The number of hydrogen-bond acceptors (Lipinski definition) is 4. The Balaban J connectivity index is 1.40. The van der Waals surface area contributed by atoms with Crippen molar-refractivity contribution in [1.82, 2.24) is 15.0 Å². The van der Waals surface area contributed by atoms with E-state index < -0.39 is 0 Å². The fourth-order valence-corrected chi connectivity index (χ4v) is 4.52. The molecular formula is C22H30N4O. The fraction of sp³-hybridized carbons (Fsp3) is 0.545. The molecule has 0 unspecified atom stereocenters. The summed E-state index contributed by atoms with van der Waals surface area (Å²) in [5.41, 5.74) is 2.35. The predicted molar refractivity (Wildman–Crippen MR) is 109 cm³/mol. The van der Waals surface area contributed by atoms with Crippen LogP contribution in [-0.4, -0.2) is 53.6 Å². The summed E-state index contributed by atoms with van der Waals surface area (Å²) < 4.78 is 0. The summed E-state index contributed by atoms with van der Waals surface area (Å²) in [7, 11) is 0. The van der Waals surface area contributed by atoms with Gasteiger partial charge in [0.05, 0.1) is 5.52 Å². The first-order chi connectivity index (χ1) is 13.2. The topological polar surface area (TPSA) is 39.7 Å². The summed E-state index contributed by atoms with van der Waals surface area (Å²) >= 11 is 0. The van der Waals surface area contributed by atoms with E-state index in [1.165, 1.54) is 30.3 Å². The molecule has 2 saturated heterocycles. The number of anilines is 1. The van der Waals surface area contributed by atoms with Gasteiger partial charge >= 0.3 is 0 Å². The number of aromatic nitrogens is 1. The molecule has 144 valence electrons. The van der Waals surface area contributed by atoms with E-state index in [0.717, 1.165) is 51.1 Å². The summed E-state index contributed by atoms with van der Waals surface area (Å²) in [5.74, 6) is 0.777. The molecule has 0 spiro atoms. The maximum Gasteiger partial charge on any atom is 0.233 e. The number of amides is 1. The summed E-state index contributed by atoms with van der Waals surface area (Å²) in [6, 6.07) is 10.5. The highest BCUT2D eigenvalue weighted by molar-refractivity contribution is 5.91. The second kappa shape index (κ2) is 8.26. The Morgan fingerprint density at radius 3 is 2.56 bits per heavy atom. The number of hydrogen-bond donors (Lipinski definition) is 0. The highest BCUT2D eigenvalue weighted by Crippen LogP contribution is 2.29. The van der Waals surface area contributed by atoms with E-state index in [1.807, 2.05) is 17.3 Å². The van der Waals surface area contributed by atoms with Crippen LogP contribution in [0.4, 0.5) is 5.69 Å². The van der Waals surface area contributed by atoms with Crippen LogP contribution in [0.1, 0.15) is 39.0 Å². The monoisotopic (exact) mass is 366 g/mol. The fourth-order valence-electron chi connectivity index (χ4n) is 4.52. The first-order valence-electron chi connectivity index (χ1n) is 10.3. The van der Waals surface area contributed by atoms with Gasteiger partial charge in [-0.05, 0) is 43.7 Å². The zero-order chi connectivity index (χ0) is 18.6. The van der Waals surface area contributed by atoms with Crippen molar-refractivity contribution in [1.29, 1.82) is 0 Å². The van der Waals surface area contributed by atoms with Crippen LogP contribution in [-0.2, 0) is 4.79 Å². The molecule has 0 bridgehead atoms. The van der Waals surface area contributed by atoms with Gasteiger partial charge in [-0.2, -0.15) is 0 Å². The Morgan fingerprint density at radius 1 is 1.07 bits per heavy atom. The van der Waals surface area contributed by atoms with E-state index in [1.54, 1.807) is 6.92 Å². The molecule has 1 aromatic heterocycles. The summed E-state index contributed by atoms with van der Waals surface area (Å²) in [6.07, 6.45) is 7.88. The Hall–Kier alpha value is -2.14. The number of nitrogens with zero attached hydrogens (tertiary/aromatic N) is 4. The Bertz CT molecular complexity index is 773. The van der Waals surface area contributed by atoms with Crippen LogP contribution in [0.15, 0.2) is 36.5 Å². The van der Waals surface area contributed by atoms with Gasteiger partial charge in [-0.1, -0.05) is 24.6 Å². The highest BCUT2D eigenvalue weighted by atomic mass is 16.2. The molecule has 1 aromatic carbocycles. The molecule has 2 aliphatic rings. The lowest BCUT2D eigenvalue weighted by atomic mass is 9.95. The number of benzene rings is 1. The summed E-state index contributed by atoms with van der Waals surface area (Å²) in [6.45, 7) is 6.74. The van der Waals surface area contributed by atoms with Gasteiger partial charge in [0.25, 0.3) is 0 Å². The van der Waals surface area contributed by atoms with Crippen molar-refractivity contribution < 1.29 is 4.79 Å². The lowest BCUT2D eigenvalue weighted by Crippen LogP contribution is -2.51. The van der Waals surface area contributed by atoms with Gasteiger partial charge in [0.2, 0.25) is 5.91 Å².